The summed E-state index contributed by atoms with van der Waals surface area (Å²) in [6.45, 7) is 4.92. The van der Waals surface area contributed by atoms with E-state index in [0.29, 0.717) is 33.3 Å². The number of piperazine rings is 1. The number of nitro benzene ring substituents is 1. The molecule has 1 aliphatic heterocycles. The quantitative estimate of drug-likeness (QED) is 0.132. The summed E-state index contributed by atoms with van der Waals surface area (Å²) < 4.78 is 32.1. The molecule has 43 heavy (non-hydrogen) atoms. The molecule has 0 atom stereocenters. The van der Waals surface area contributed by atoms with Crippen molar-refractivity contribution in [2.75, 3.05) is 43.5 Å². The minimum Gasteiger partial charge on any atom is -0.490 e. The summed E-state index contributed by atoms with van der Waals surface area (Å²) in [4.78, 5) is 22.9. The van der Waals surface area contributed by atoms with Gasteiger partial charge in [-0.05, 0) is 48.5 Å². The smallest absolute Gasteiger partial charge is 0.287 e. The van der Waals surface area contributed by atoms with E-state index in [0.717, 1.165) is 31.9 Å². The molecule has 14 nitrogen and oxygen atoms in total. The Morgan fingerprint density at radius 3 is 2.56 bits per heavy atom. The number of sulfone groups is 1. The van der Waals surface area contributed by atoms with Crippen molar-refractivity contribution in [3.63, 3.8) is 0 Å². The minimum absolute atomic E-state index is 0.0145. The standard InChI is InChI=1S/C27H27N9O5S2/c1-17-14-23(34-33-17)30-25-24(41-2)26(35-12-10-29-11-13-35)32-27(31-25)42-19-6-8-20(9-7-19)43(39,40)16-18-4-3-5-22(36(37)38)21(18)15-28/h3-9,14,29H,10-13,16H2,1-2H3,(H2,30,31,32,33,34). The fraction of sp³-hybridized carbons (Fsp3) is 0.259. The lowest BCUT2D eigenvalue weighted by Gasteiger charge is -2.30. The van der Waals surface area contributed by atoms with Crippen LogP contribution in [-0.4, -0.2) is 66.8 Å². The van der Waals surface area contributed by atoms with Crippen LogP contribution in [-0.2, 0) is 15.6 Å². The number of hydrogen-bond acceptors (Lipinski definition) is 13. The summed E-state index contributed by atoms with van der Waals surface area (Å²) in [6.07, 6.45) is 0. The lowest BCUT2D eigenvalue weighted by atomic mass is 10.1. The molecule has 222 valence electrons. The molecule has 0 bridgehead atoms. The molecule has 0 saturated carbocycles. The highest BCUT2D eigenvalue weighted by atomic mass is 32.2. The first kappa shape index (κ1) is 29.8. The van der Waals surface area contributed by atoms with Crippen LogP contribution in [0.1, 0.15) is 16.8 Å². The van der Waals surface area contributed by atoms with Gasteiger partial charge in [-0.25, -0.2) is 18.4 Å². The normalized spacial score (nSPS) is 13.4. The van der Waals surface area contributed by atoms with Crippen molar-refractivity contribution in [1.29, 1.82) is 5.26 Å². The third-order valence-corrected chi connectivity index (χ3v) is 9.13. The Morgan fingerprint density at radius 2 is 1.93 bits per heavy atom. The number of ether oxygens (including phenoxy) is 1. The maximum atomic E-state index is 13.2. The number of benzene rings is 2. The predicted molar refractivity (Wildman–Crippen MR) is 160 cm³/mol. The fourth-order valence-electron chi connectivity index (χ4n) is 4.53. The van der Waals surface area contributed by atoms with Gasteiger partial charge in [0.25, 0.3) is 5.69 Å². The van der Waals surface area contributed by atoms with Crippen molar-refractivity contribution in [1.82, 2.24) is 25.5 Å². The summed E-state index contributed by atoms with van der Waals surface area (Å²) in [6, 6.07) is 13.7. The van der Waals surface area contributed by atoms with E-state index in [1.165, 1.54) is 42.1 Å². The average Bonchev–Trinajstić information content (AvgIpc) is 3.41. The Hall–Kier alpha value is -4.72. The first-order chi connectivity index (χ1) is 20.7. The van der Waals surface area contributed by atoms with Gasteiger partial charge in [0.05, 0.1) is 22.7 Å². The van der Waals surface area contributed by atoms with Crippen LogP contribution in [0.3, 0.4) is 0 Å². The Kier molecular flexibility index (Phi) is 8.76. The zero-order valence-electron chi connectivity index (χ0n) is 23.2. The van der Waals surface area contributed by atoms with E-state index in [1.54, 1.807) is 25.3 Å². The van der Waals surface area contributed by atoms with E-state index >= 15 is 0 Å². The molecule has 0 amide bonds. The first-order valence-electron chi connectivity index (χ1n) is 13.1. The van der Waals surface area contributed by atoms with Crippen LogP contribution in [0.5, 0.6) is 5.75 Å². The molecule has 1 fully saturated rings. The molecule has 2 aromatic carbocycles. The Balaban J connectivity index is 1.42. The zero-order chi connectivity index (χ0) is 30.6. The fourth-order valence-corrected chi connectivity index (χ4v) is 6.65. The molecule has 4 aromatic rings. The molecule has 1 aliphatic rings. The predicted octanol–water partition coefficient (Wildman–Crippen LogP) is 3.57. The SMILES string of the molecule is COc1c(Nc2cc(C)[nH]n2)nc(Sc2ccc(S(=O)(=O)Cc3cccc([N+](=O)[O-])c3C#N)cc2)nc1N1CCNCC1. The van der Waals surface area contributed by atoms with Crippen molar-refractivity contribution in [3.8, 4) is 11.8 Å². The van der Waals surface area contributed by atoms with Crippen molar-refractivity contribution in [2.24, 2.45) is 0 Å². The molecule has 3 heterocycles. The second-order valence-corrected chi connectivity index (χ2v) is 12.6. The van der Waals surface area contributed by atoms with Crippen molar-refractivity contribution < 1.29 is 18.1 Å². The van der Waals surface area contributed by atoms with Crippen molar-refractivity contribution in [2.45, 2.75) is 27.6 Å². The number of rotatable bonds is 10. The summed E-state index contributed by atoms with van der Waals surface area (Å²) >= 11 is 1.25. The number of aryl methyl sites for hydroxylation is 1. The molecule has 0 unspecified atom stereocenters. The Morgan fingerprint density at radius 1 is 1.19 bits per heavy atom. The van der Waals surface area contributed by atoms with Gasteiger partial charge >= 0.3 is 0 Å². The molecule has 0 radical (unpaired) electrons. The molecule has 3 N–H and O–H groups in total. The van der Waals surface area contributed by atoms with E-state index in [4.69, 9.17) is 9.72 Å². The Bertz CT molecular complexity index is 1800. The molecular weight excluding hydrogens is 594 g/mol. The number of anilines is 3. The number of nitrogens with zero attached hydrogens (tertiary/aromatic N) is 6. The third kappa shape index (κ3) is 6.69. The topological polar surface area (TPSA) is 192 Å². The van der Waals surface area contributed by atoms with Gasteiger partial charge in [0.15, 0.2) is 32.4 Å². The maximum absolute atomic E-state index is 13.2. The molecule has 1 saturated heterocycles. The van der Waals surface area contributed by atoms with Crippen LogP contribution in [0.25, 0.3) is 0 Å². The number of methoxy groups -OCH3 is 1. The number of H-pyrrole nitrogens is 1. The number of aromatic nitrogens is 4. The van der Waals surface area contributed by atoms with E-state index < -0.39 is 26.2 Å². The third-order valence-electron chi connectivity index (χ3n) is 6.57. The van der Waals surface area contributed by atoms with Gasteiger partial charge in [0.1, 0.15) is 11.6 Å². The van der Waals surface area contributed by atoms with Gasteiger partial charge in [0.2, 0.25) is 5.75 Å². The lowest BCUT2D eigenvalue weighted by molar-refractivity contribution is -0.385. The summed E-state index contributed by atoms with van der Waals surface area (Å²) in [5, 5.41) is 34.8. The largest absolute Gasteiger partial charge is 0.490 e. The first-order valence-corrected chi connectivity index (χ1v) is 15.5. The molecular formula is C27H27N9O5S2. The lowest BCUT2D eigenvalue weighted by Crippen LogP contribution is -2.44. The van der Waals surface area contributed by atoms with Crippen molar-refractivity contribution >= 4 is 44.7 Å². The number of nitrogens with one attached hydrogen (secondary N) is 3. The van der Waals surface area contributed by atoms with Gasteiger partial charge in [-0.2, -0.15) is 10.4 Å². The molecule has 0 spiro atoms. The highest BCUT2D eigenvalue weighted by Gasteiger charge is 2.25. The van der Waals surface area contributed by atoms with Crippen LogP contribution < -0.4 is 20.3 Å². The number of hydrogen-bond donors (Lipinski definition) is 3. The Labute approximate surface area is 251 Å². The maximum Gasteiger partial charge on any atom is 0.287 e. The van der Waals surface area contributed by atoms with Crippen LogP contribution >= 0.6 is 11.8 Å². The summed E-state index contributed by atoms with van der Waals surface area (Å²) in [7, 11) is -2.35. The number of aromatic amines is 1. The molecule has 0 aliphatic carbocycles. The van der Waals surface area contributed by atoms with E-state index in [1.807, 2.05) is 13.0 Å². The molecule has 5 rings (SSSR count). The van der Waals surface area contributed by atoms with Crippen LogP contribution in [0.4, 0.5) is 23.1 Å². The highest BCUT2D eigenvalue weighted by molar-refractivity contribution is 7.99. The van der Waals surface area contributed by atoms with Crippen LogP contribution in [0.15, 0.2) is 63.5 Å². The van der Waals surface area contributed by atoms with E-state index in [-0.39, 0.29) is 16.0 Å². The second kappa shape index (κ2) is 12.7. The second-order valence-electron chi connectivity index (χ2n) is 9.52. The average molecular weight is 622 g/mol. The monoisotopic (exact) mass is 621 g/mol. The van der Waals surface area contributed by atoms with Gasteiger partial charge in [0, 0.05) is 48.9 Å². The molecule has 2 aromatic heterocycles. The van der Waals surface area contributed by atoms with Gasteiger partial charge in [-0.1, -0.05) is 12.1 Å². The number of nitro groups is 1. The van der Waals surface area contributed by atoms with Crippen LogP contribution in [0, 0.1) is 28.4 Å². The minimum atomic E-state index is -3.91. The molecule has 16 heteroatoms. The van der Waals surface area contributed by atoms with Crippen LogP contribution in [0.2, 0.25) is 0 Å². The van der Waals surface area contributed by atoms with E-state index in [9.17, 15) is 23.8 Å². The van der Waals surface area contributed by atoms with Gasteiger partial charge in [-0.3, -0.25) is 15.2 Å². The number of nitriles is 1. The summed E-state index contributed by atoms with van der Waals surface area (Å²) in [5.41, 5.74) is 0.235. The van der Waals surface area contributed by atoms with Gasteiger partial charge in [-0.15, -0.1) is 0 Å². The summed E-state index contributed by atoms with van der Waals surface area (Å²) in [5.74, 6) is 1.55. The highest BCUT2D eigenvalue weighted by Crippen LogP contribution is 2.38. The van der Waals surface area contributed by atoms with E-state index in [2.05, 4.69) is 30.7 Å². The van der Waals surface area contributed by atoms with Crippen molar-refractivity contribution in [3.05, 3.63) is 75.5 Å². The van der Waals surface area contributed by atoms with Gasteiger partial charge < -0.3 is 20.3 Å². The zero-order valence-corrected chi connectivity index (χ0v) is 24.8.